The van der Waals surface area contributed by atoms with Crippen LogP contribution in [0, 0.1) is 3.57 Å². The Labute approximate surface area is 105 Å². The summed E-state index contributed by atoms with van der Waals surface area (Å²) in [7, 11) is 0. The summed E-state index contributed by atoms with van der Waals surface area (Å²) in [5, 5.41) is 2.23. The van der Waals surface area contributed by atoms with Crippen molar-refractivity contribution in [2.24, 2.45) is 0 Å². The molecule has 82 valence electrons. The molecule has 1 rings (SSSR count). The number of rotatable bonds is 7. The Morgan fingerprint density at radius 3 is 2.73 bits per heavy atom. The van der Waals surface area contributed by atoms with Crippen molar-refractivity contribution in [2.75, 3.05) is 19.7 Å². The molecule has 0 aliphatic heterocycles. The summed E-state index contributed by atoms with van der Waals surface area (Å²) in [5.74, 6) is 0.958. The van der Waals surface area contributed by atoms with Crippen LogP contribution in [-0.4, -0.2) is 19.7 Å². The van der Waals surface area contributed by atoms with Gasteiger partial charge in [-0.2, -0.15) is 0 Å². The fourth-order valence-corrected chi connectivity index (χ4v) is 1.54. The number of halogens is 1. The zero-order chi connectivity index (χ0) is 10.9. The van der Waals surface area contributed by atoms with Crippen molar-refractivity contribution in [3.05, 3.63) is 40.5 Å². The van der Waals surface area contributed by atoms with Gasteiger partial charge >= 0.3 is 0 Å². The van der Waals surface area contributed by atoms with Gasteiger partial charge in [0, 0.05) is 9.99 Å². The van der Waals surface area contributed by atoms with E-state index in [2.05, 4.69) is 46.6 Å². The van der Waals surface area contributed by atoms with Gasteiger partial charge in [-0.25, -0.2) is 0 Å². The molecule has 0 fully saturated rings. The molecule has 1 aromatic carbocycles. The Hall–Kier alpha value is -0.550. The largest absolute Gasteiger partial charge is 0.493 e. The van der Waals surface area contributed by atoms with E-state index in [0.717, 1.165) is 31.9 Å². The van der Waals surface area contributed by atoms with Gasteiger partial charge in [-0.15, -0.1) is 0 Å². The van der Waals surface area contributed by atoms with Crippen molar-refractivity contribution < 1.29 is 10.1 Å². The number of quaternary nitrogens is 1. The van der Waals surface area contributed by atoms with E-state index < -0.39 is 0 Å². The van der Waals surface area contributed by atoms with Crippen molar-refractivity contribution in [3.63, 3.8) is 0 Å². The van der Waals surface area contributed by atoms with Crippen molar-refractivity contribution in [1.29, 1.82) is 0 Å². The third kappa shape index (κ3) is 5.79. The number of ether oxygens (including phenoxy) is 1. The van der Waals surface area contributed by atoms with Crippen molar-refractivity contribution in [3.8, 4) is 5.75 Å². The van der Waals surface area contributed by atoms with Crippen LogP contribution in [0.5, 0.6) is 5.75 Å². The number of nitrogens with two attached hydrogens (primary N) is 1. The van der Waals surface area contributed by atoms with E-state index >= 15 is 0 Å². The molecule has 0 unspecified atom stereocenters. The topological polar surface area (TPSA) is 25.8 Å². The number of hydrogen-bond donors (Lipinski definition) is 1. The highest BCUT2D eigenvalue weighted by Crippen LogP contribution is 2.13. The summed E-state index contributed by atoms with van der Waals surface area (Å²) in [6.45, 7) is 6.54. The molecule has 0 aromatic heterocycles. The molecule has 2 nitrogen and oxygen atoms in total. The van der Waals surface area contributed by atoms with E-state index in [9.17, 15) is 0 Å². The molecule has 2 N–H and O–H groups in total. The maximum Gasteiger partial charge on any atom is 0.119 e. The van der Waals surface area contributed by atoms with Crippen LogP contribution in [0.4, 0.5) is 0 Å². The van der Waals surface area contributed by atoms with Crippen LogP contribution in [0.25, 0.3) is 0 Å². The molecular formula is C12H17INO+. The van der Waals surface area contributed by atoms with Crippen molar-refractivity contribution in [2.45, 2.75) is 6.42 Å². The maximum atomic E-state index is 5.59. The lowest BCUT2D eigenvalue weighted by Crippen LogP contribution is -2.84. The van der Waals surface area contributed by atoms with E-state index in [4.69, 9.17) is 4.74 Å². The summed E-state index contributed by atoms with van der Waals surface area (Å²) < 4.78 is 6.83. The molecule has 0 saturated carbocycles. The maximum absolute atomic E-state index is 5.59. The fourth-order valence-electron chi connectivity index (χ4n) is 1.18. The van der Waals surface area contributed by atoms with Gasteiger partial charge in [-0.05, 0) is 52.9 Å². The van der Waals surface area contributed by atoms with Gasteiger partial charge in [0.2, 0.25) is 0 Å². The average Bonchev–Trinajstić information content (AvgIpc) is 2.26. The molecule has 0 aliphatic rings. The highest BCUT2D eigenvalue weighted by molar-refractivity contribution is 14.1. The van der Waals surface area contributed by atoms with Crippen LogP contribution in [0.3, 0.4) is 0 Å². The van der Waals surface area contributed by atoms with Crippen molar-refractivity contribution in [1.82, 2.24) is 0 Å². The Morgan fingerprint density at radius 1 is 1.33 bits per heavy atom. The second-order valence-electron chi connectivity index (χ2n) is 3.26. The summed E-state index contributed by atoms with van der Waals surface area (Å²) in [4.78, 5) is 0. The quantitative estimate of drug-likeness (QED) is 0.463. The van der Waals surface area contributed by atoms with E-state index in [-0.39, 0.29) is 0 Å². The molecule has 0 bridgehead atoms. The second kappa shape index (κ2) is 7.70. The van der Waals surface area contributed by atoms with Crippen LogP contribution in [0.2, 0.25) is 0 Å². The Bertz CT molecular complexity index is 284. The van der Waals surface area contributed by atoms with Crippen LogP contribution >= 0.6 is 22.6 Å². The molecule has 15 heavy (non-hydrogen) atoms. The molecule has 0 aliphatic carbocycles. The lowest BCUT2D eigenvalue weighted by Gasteiger charge is -2.05. The predicted octanol–water partition coefficient (Wildman–Crippen LogP) is 1.81. The lowest BCUT2D eigenvalue weighted by atomic mass is 10.3. The molecule has 0 heterocycles. The van der Waals surface area contributed by atoms with Gasteiger partial charge in [0.1, 0.15) is 5.75 Å². The summed E-state index contributed by atoms with van der Waals surface area (Å²) in [5.41, 5.74) is 0. The van der Waals surface area contributed by atoms with E-state index in [0.29, 0.717) is 0 Å². The Kier molecular flexibility index (Phi) is 6.43. The summed E-state index contributed by atoms with van der Waals surface area (Å²) in [6.07, 6.45) is 2.99. The molecular weight excluding hydrogens is 301 g/mol. The fraction of sp³-hybridized carbons (Fsp3) is 0.333. The van der Waals surface area contributed by atoms with E-state index in [1.807, 2.05) is 18.2 Å². The first-order valence-electron chi connectivity index (χ1n) is 5.14. The normalized spacial score (nSPS) is 9.93. The van der Waals surface area contributed by atoms with Gasteiger partial charge in [-0.1, -0.05) is 6.58 Å². The Balaban J connectivity index is 2.09. The highest BCUT2D eigenvalue weighted by atomic mass is 127. The van der Waals surface area contributed by atoms with E-state index in [1.165, 1.54) is 3.57 Å². The van der Waals surface area contributed by atoms with E-state index in [1.54, 1.807) is 0 Å². The monoisotopic (exact) mass is 318 g/mol. The SMILES string of the molecule is C=CC[NH2+]CCCOc1ccc(I)cc1. The predicted molar refractivity (Wildman–Crippen MR) is 71.1 cm³/mol. The highest BCUT2D eigenvalue weighted by Gasteiger charge is 1.94. The third-order valence-electron chi connectivity index (χ3n) is 1.97. The molecule has 0 saturated heterocycles. The van der Waals surface area contributed by atoms with Gasteiger partial charge in [0.15, 0.2) is 0 Å². The van der Waals surface area contributed by atoms with Crippen LogP contribution in [-0.2, 0) is 0 Å². The van der Waals surface area contributed by atoms with Crippen LogP contribution in [0.1, 0.15) is 6.42 Å². The van der Waals surface area contributed by atoms with Gasteiger partial charge in [0.05, 0.1) is 19.7 Å². The molecule has 1 aromatic rings. The van der Waals surface area contributed by atoms with Crippen LogP contribution < -0.4 is 10.1 Å². The zero-order valence-electron chi connectivity index (χ0n) is 8.79. The summed E-state index contributed by atoms with van der Waals surface area (Å²) >= 11 is 2.29. The van der Waals surface area contributed by atoms with Gasteiger partial charge in [0.25, 0.3) is 0 Å². The molecule has 3 heteroatoms. The number of hydrogen-bond acceptors (Lipinski definition) is 1. The van der Waals surface area contributed by atoms with Gasteiger partial charge in [-0.3, -0.25) is 0 Å². The first-order valence-corrected chi connectivity index (χ1v) is 6.21. The second-order valence-corrected chi connectivity index (χ2v) is 4.50. The molecule has 0 spiro atoms. The zero-order valence-corrected chi connectivity index (χ0v) is 10.9. The third-order valence-corrected chi connectivity index (χ3v) is 2.69. The molecule has 0 radical (unpaired) electrons. The summed E-state index contributed by atoms with van der Waals surface area (Å²) in [6, 6.07) is 8.13. The first kappa shape index (κ1) is 12.5. The standard InChI is InChI=1S/C12H16INO/c1-2-8-14-9-3-10-15-12-6-4-11(13)5-7-12/h2,4-7,14H,1,3,8-10H2/p+1. The number of benzene rings is 1. The molecule has 0 atom stereocenters. The minimum Gasteiger partial charge on any atom is -0.493 e. The lowest BCUT2D eigenvalue weighted by molar-refractivity contribution is -0.646. The van der Waals surface area contributed by atoms with Crippen LogP contribution in [0.15, 0.2) is 36.9 Å². The van der Waals surface area contributed by atoms with Crippen molar-refractivity contribution >= 4 is 22.6 Å². The Morgan fingerprint density at radius 2 is 2.07 bits per heavy atom. The minimum atomic E-state index is 0.786. The minimum absolute atomic E-state index is 0.786. The average molecular weight is 318 g/mol. The van der Waals surface area contributed by atoms with Gasteiger partial charge < -0.3 is 10.1 Å². The smallest absolute Gasteiger partial charge is 0.119 e. The first-order chi connectivity index (χ1) is 7.33. The molecule has 0 amide bonds.